The predicted octanol–water partition coefficient (Wildman–Crippen LogP) is -6.37. The number of amides is 8. The van der Waals surface area contributed by atoms with E-state index in [4.69, 9.17) is 22.9 Å². The maximum Gasteiger partial charge on any atom is 0.245 e. The van der Waals surface area contributed by atoms with E-state index in [1.165, 1.54) is 6.92 Å². The first-order valence-corrected chi connectivity index (χ1v) is 19.9. The van der Waals surface area contributed by atoms with E-state index in [0.29, 0.717) is 12.7 Å². The smallest absolute Gasteiger partial charge is 0.245 e. The lowest BCUT2D eigenvalue weighted by Gasteiger charge is -2.34. The maximum atomic E-state index is 13.5. The number of aldehydes is 1. The van der Waals surface area contributed by atoms with Crippen LogP contribution in [0.1, 0.15) is 72.6 Å². The van der Waals surface area contributed by atoms with Crippen LogP contribution in [0.25, 0.3) is 0 Å². The lowest BCUT2D eigenvalue weighted by Crippen LogP contribution is -2.59. The van der Waals surface area contributed by atoms with Gasteiger partial charge in [-0.1, -0.05) is 6.92 Å². The molecular weight excluding hydrogens is 774 g/mol. The average molecular weight is 844 g/mol. The molecule has 0 heterocycles. The van der Waals surface area contributed by atoms with Gasteiger partial charge in [0.05, 0.1) is 31.3 Å². The minimum Gasteiger partial charge on any atom is -0.391 e. The molecule has 0 bridgehead atoms. The molecule has 0 fully saturated rings. The number of nitrogens with one attached hydrogen (secondary N) is 8. The Balaban J connectivity index is 5.42. The van der Waals surface area contributed by atoms with Crippen LogP contribution in [0.5, 0.6) is 0 Å². The van der Waals surface area contributed by atoms with Crippen molar-refractivity contribution in [3.63, 3.8) is 0 Å². The molecule has 0 saturated carbocycles. The third kappa shape index (κ3) is 21.1. The molecule has 17 N–H and O–H groups in total. The van der Waals surface area contributed by atoms with Gasteiger partial charge in [0.1, 0.15) is 30.5 Å². The lowest BCUT2D eigenvalue weighted by molar-refractivity contribution is -0.135. The molecule has 0 saturated heterocycles. The maximum absolute atomic E-state index is 13.5. The molecule has 0 radical (unpaired) electrons. The van der Waals surface area contributed by atoms with E-state index in [9.17, 15) is 48.3 Å². The molecule has 0 aromatic carbocycles. The number of rotatable bonds is 31. The Morgan fingerprint density at radius 3 is 1.53 bits per heavy atom. The normalized spacial score (nSPS) is 15.1. The highest BCUT2D eigenvalue weighted by molar-refractivity contribution is 5.94. The summed E-state index contributed by atoms with van der Waals surface area (Å²) in [6.45, 7) is 5.88. The van der Waals surface area contributed by atoms with Gasteiger partial charge in [0.25, 0.3) is 0 Å². The minimum absolute atomic E-state index is 0.00828. The van der Waals surface area contributed by atoms with Crippen molar-refractivity contribution in [2.45, 2.75) is 121 Å². The first-order valence-electron chi connectivity index (χ1n) is 19.9. The molecule has 8 atom stereocenters. The van der Waals surface area contributed by atoms with E-state index in [1.54, 1.807) is 32.7 Å². The monoisotopic (exact) mass is 844 g/mol. The van der Waals surface area contributed by atoms with Gasteiger partial charge in [0.15, 0.2) is 0 Å². The summed E-state index contributed by atoms with van der Waals surface area (Å²) >= 11 is 0. The van der Waals surface area contributed by atoms with Crippen LogP contribution in [0.2, 0.25) is 0 Å². The zero-order valence-electron chi connectivity index (χ0n) is 35.0. The van der Waals surface area contributed by atoms with Gasteiger partial charge in [-0.3, -0.25) is 43.3 Å². The van der Waals surface area contributed by atoms with Crippen molar-refractivity contribution < 1.29 is 48.3 Å². The van der Waals surface area contributed by atoms with Crippen LogP contribution in [-0.2, 0) is 43.2 Å². The molecule has 0 rings (SSSR count). The van der Waals surface area contributed by atoms with E-state index < -0.39 is 103 Å². The third-order valence-corrected chi connectivity index (χ3v) is 9.07. The van der Waals surface area contributed by atoms with Crippen molar-refractivity contribution in [2.24, 2.45) is 22.9 Å². The van der Waals surface area contributed by atoms with Crippen LogP contribution in [0.15, 0.2) is 0 Å². The summed E-state index contributed by atoms with van der Waals surface area (Å²) in [6.07, 6.45) is 0.356. The van der Waals surface area contributed by atoms with Gasteiger partial charge in [-0.05, 0) is 92.5 Å². The molecule has 338 valence electrons. The summed E-state index contributed by atoms with van der Waals surface area (Å²) in [5, 5.41) is 30.0. The Labute approximate surface area is 345 Å². The fourth-order valence-corrected chi connectivity index (χ4v) is 5.76. The Kier molecular flexibility index (Phi) is 27.8. The summed E-state index contributed by atoms with van der Waals surface area (Å²) in [7, 11) is 1.60. The zero-order valence-corrected chi connectivity index (χ0v) is 35.0. The second kappa shape index (κ2) is 30.3. The molecule has 8 amide bonds. The van der Waals surface area contributed by atoms with Gasteiger partial charge in [0.2, 0.25) is 47.3 Å². The molecule has 59 heavy (non-hydrogen) atoms. The first kappa shape index (κ1) is 54.2. The summed E-state index contributed by atoms with van der Waals surface area (Å²) in [5.74, 6) is -5.12. The quantitative estimate of drug-likeness (QED) is 0.0289. The second-order valence-electron chi connectivity index (χ2n) is 14.0. The number of nitrogens with two attached hydrogens (primary N) is 4. The van der Waals surface area contributed by atoms with Gasteiger partial charge < -0.3 is 75.4 Å². The van der Waals surface area contributed by atoms with Gasteiger partial charge in [-0.25, -0.2) is 0 Å². The van der Waals surface area contributed by atoms with E-state index in [2.05, 4.69) is 42.5 Å². The van der Waals surface area contributed by atoms with Crippen LogP contribution < -0.4 is 65.5 Å². The van der Waals surface area contributed by atoms with E-state index >= 15 is 0 Å². The highest BCUT2D eigenvalue weighted by Crippen LogP contribution is 2.12. The number of nitrogens with zero attached hydrogens (tertiary/aromatic N) is 1. The molecule has 0 aliphatic rings. The Bertz CT molecular complexity index is 1370. The highest BCUT2D eigenvalue weighted by Gasteiger charge is 2.33. The summed E-state index contributed by atoms with van der Waals surface area (Å²) < 4.78 is 0. The molecule has 0 aromatic rings. The van der Waals surface area contributed by atoms with Crippen LogP contribution in [0.3, 0.4) is 0 Å². The van der Waals surface area contributed by atoms with Crippen LogP contribution in [-0.4, -0.2) is 165 Å². The number of carbonyl (C=O) groups excluding carboxylic acids is 9. The van der Waals surface area contributed by atoms with Gasteiger partial charge >= 0.3 is 0 Å². The lowest BCUT2D eigenvalue weighted by atomic mass is 10.0. The number of carbonyl (C=O) groups is 9. The summed E-state index contributed by atoms with van der Waals surface area (Å²) in [6, 6.07) is -7.03. The van der Waals surface area contributed by atoms with E-state index in [0.717, 1.165) is 0 Å². The van der Waals surface area contributed by atoms with Crippen molar-refractivity contribution in [1.29, 1.82) is 0 Å². The summed E-state index contributed by atoms with van der Waals surface area (Å²) in [4.78, 5) is 116. The van der Waals surface area contributed by atoms with Gasteiger partial charge in [0, 0.05) is 19.0 Å². The van der Waals surface area contributed by atoms with Crippen molar-refractivity contribution in [2.75, 3.05) is 52.9 Å². The fraction of sp³-hybridized carbons (Fsp3) is 0.750. The van der Waals surface area contributed by atoms with Crippen molar-refractivity contribution >= 4 is 53.5 Å². The molecule has 23 nitrogen and oxygen atoms in total. The van der Waals surface area contributed by atoms with E-state index in [-0.39, 0.29) is 77.2 Å². The number of aliphatic hydroxyl groups excluding tert-OH is 1. The Morgan fingerprint density at radius 2 is 1.08 bits per heavy atom. The van der Waals surface area contributed by atoms with Crippen LogP contribution in [0, 0.1) is 0 Å². The standard InChI is InChI=1S/C36H69N13O10/c1-6-8-28(52)45-24(9-13-37)32(55)43-19-30(54)46-25(10-14-38)33(56)42-18-29(53)44-23(20-50)17-21(3)49(5)27(12-16-40)35(58)47-26(11-15-39)34(57)48-31(22(4)51)36(59)41-7-2/h20-27,31,51H,6-19,37-40H2,1-5H3,(H,41,59)(H,42,56)(H,43,55)(H,44,53)(H,45,52)(H,46,54)(H,47,58)(H,48,57). The largest absolute Gasteiger partial charge is 0.391 e. The molecule has 8 unspecified atom stereocenters. The SMILES string of the molecule is CCCC(=O)NC(CCN)C(=O)NCC(=O)NC(CCN)C(=O)NCC(=O)NC(C=O)CC(C)N(C)C(CCN)C(=O)NC(CCN)C(=O)NC(C(=O)NCC)C(C)O. The topological polar surface area (TPSA) is 377 Å². The Hall–Kier alpha value is -4.81. The number of aliphatic hydroxyl groups is 1. The minimum atomic E-state index is -1.28. The second-order valence-corrected chi connectivity index (χ2v) is 14.0. The van der Waals surface area contributed by atoms with Crippen LogP contribution in [0.4, 0.5) is 0 Å². The van der Waals surface area contributed by atoms with E-state index in [1.807, 2.05) is 0 Å². The average Bonchev–Trinajstić information content (AvgIpc) is 3.18. The van der Waals surface area contributed by atoms with Gasteiger partial charge in [-0.2, -0.15) is 0 Å². The highest BCUT2D eigenvalue weighted by atomic mass is 16.3. The third-order valence-electron chi connectivity index (χ3n) is 9.07. The molecule has 0 aliphatic carbocycles. The Morgan fingerprint density at radius 1 is 0.610 bits per heavy atom. The molecule has 0 spiro atoms. The van der Waals surface area contributed by atoms with Crippen LogP contribution >= 0.6 is 0 Å². The number of hydrogen-bond acceptors (Lipinski definition) is 15. The summed E-state index contributed by atoms with van der Waals surface area (Å²) in [5.41, 5.74) is 22.7. The van der Waals surface area contributed by atoms with Crippen molar-refractivity contribution in [3.8, 4) is 0 Å². The zero-order chi connectivity index (χ0) is 45.1. The predicted molar refractivity (Wildman–Crippen MR) is 217 cm³/mol. The van der Waals surface area contributed by atoms with Gasteiger partial charge in [-0.15, -0.1) is 0 Å². The molecular formula is C36H69N13O10. The number of likely N-dealkylation sites (N-methyl/N-ethyl adjacent to an activating group) is 2. The number of hydrogen-bond donors (Lipinski definition) is 13. The molecule has 0 aromatic heterocycles. The van der Waals surface area contributed by atoms with Crippen molar-refractivity contribution in [1.82, 2.24) is 47.4 Å². The fourth-order valence-electron chi connectivity index (χ4n) is 5.76. The first-order chi connectivity index (χ1) is 27.9. The molecule has 23 heteroatoms. The molecule has 0 aliphatic heterocycles. The van der Waals surface area contributed by atoms with Crippen molar-refractivity contribution in [3.05, 3.63) is 0 Å².